The Morgan fingerprint density at radius 1 is 1.27 bits per heavy atom. The molecule has 0 aromatic carbocycles. The lowest BCUT2D eigenvalue weighted by Crippen LogP contribution is -2.57. The number of pyridine rings is 1. The average Bonchev–Trinajstić information content (AvgIpc) is 2.45. The van der Waals surface area contributed by atoms with Crippen molar-refractivity contribution in [1.82, 2.24) is 9.88 Å². The lowest BCUT2D eigenvalue weighted by atomic mass is 9.86. The highest BCUT2D eigenvalue weighted by Crippen LogP contribution is 2.41. The molecule has 0 radical (unpaired) electrons. The number of aromatic nitrogens is 1. The van der Waals surface area contributed by atoms with Crippen LogP contribution in [0.15, 0.2) is 12.3 Å². The fourth-order valence-corrected chi connectivity index (χ4v) is 3.60. The first-order valence-corrected chi connectivity index (χ1v) is 7.85. The quantitative estimate of drug-likeness (QED) is 0.791. The van der Waals surface area contributed by atoms with Gasteiger partial charge in [0.2, 0.25) is 0 Å². The summed E-state index contributed by atoms with van der Waals surface area (Å²) in [5, 5.41) is 0. The summed E-state index contributed by atoms with van der Waals surface area (Å²) < 4.78 is 38.7. The Bertz CT molecular complexity index is 556. The summed E-state index contributed by atoms with van der Waals surface area (Å²) in [6, 6.07) is 2.14. The smallest absolute Gasteiger partial charge is 0.351 e. The Hall–Kier alpha value is -1.30. The first-order chi connectivity index (χ1) is 10.3. The van der Waals surface area contributed by atoms with Crippen molar-refractivity contribution in [3.63, 3.8) is 0 Å². The maximum Gasteiger partial charge on any atom is 0.417 e. The van der Waals surface area contributed by atoms with E-state index in [1.54, 1.807) is 0 Å². The van der Waals surface area contributed by atoms with Gasteiger partial charge in [-0.25, -0.2) is 4.98 Å². The van der Waals surface area contributed by atoms with Gasteiger partial charge in [0.05, 0.1) is 5.56 Å². The van der Waals surface area contributed by atoms with Crippen molar-refractivity contribution >= 4 is 5.82 Å². The number of nitrogens with zero attached hydrogens (tertiary/aromatic N) is 3. The minimum Gasteiger partial charge on any atom is -0.351 e. The first-order valence-electron chi connectivity index (χ1n) is 7.85. The standard InChI is InChI=1S/C16H22F3N3/c1-10(2)21-4-5-22-13(9-21)6-11(3)14-7-12(16(17,18)19)8-20-15(14)22/h7-8,10-11,13H,4-6,9H2,1-3H3/t11-,13+/m1/s1. The van der Waals surface area contributed by atoms with Crippen LogP contribution in [0.5, 0.6) is 0 Å². The van der Waals surface area contributed by atoms with Gasteiger partial charge >= 0.3 is 6.18 Å². The van der Waals surface area contributed by atoms with E-state index in [9.17, 15) is 13.2 Å². The zero-order chi connectivity index (χ0) is 16.1. The molecule has 22 heavy (non-hydrogen) atoms. The molecule has 0 spiro atoms. The third kappa shape index (κ3) is 2.69. The summed E-state index contributed by atoms with van der Waals surface area (Å²) in [6.07, 6.45) is -2.46. The molecule has 6 heteroatoms. The number of hydrogen-bond acceptors (Lipinski definition) is 3. The zero-order valence-electron chi connectivity index (χ0n) is 13.2. The van der Waals surface area contributed by atoms with Crippen LogP contribution in [0.3, 0.4) is 0 Å². The van der Waals surface area contributed by atoms with E-state index in [0.29, 0.717) is 12.1 Å². The molecule has 1 saturated heterocycles. The Kier molecular flexibility index (Phi) is 3.83. The molecule has 0 aliphatic carbocycles. The molecule has 0 N–H and O–H groups in total. The fourth-order valence-electron chi connectivity index (χ4n) is 3.60. The summed E-state index contributed by atoms with van der Waals surface area (Å²) in [5.74, 6) is 0.860. The van der Waals surface area contributed by atoms with Crippen molar-refractivity contribution in [2.75, 3.05) is 24.5 Å². The lowest BCUT2D eigenvalue weighted by Gasteiger charge is -2.48. The van der Waals surface area contributed by atoms with Crippen LogP contribution >= 0.6 is 0 Å². The van der Waals surface area contributed by atoms with E-state index >= 15 is 0 Å². The van der Waals surface area contributed by atoms with Crippen molar-refractivity contribution in [2.45, 2.75) is 51.4 Å². The van der Waals surface area contributed by atoms with Crippen LogP contribution in [-0.2, 0) is 6.18 Å². The van der Waals surface area contributed by atoms with Gasteiger partial charge in [0.1, 0.15) is 5.82 Å². The SMILES string of the molecule is CC(C)N1CCN2c3ncc(C(F)(F)F)cc3[C@H](C)C[C@H]2C1. The Labute approximate surface area is 129 Å². The Balaban J connectivity index is 1.91. The molecular weight excluding hydrogens is 291 g/mol. The highest BCUT2D eigenvalue weighted by Gasteiger charge is 2.38. The second-order valence-corrected chi connectivity index (χ2v) is 6.71. The largest absolute Gasteiger partial charge is 0.417 e. The maximum absolute atomic E-state index is 12.9. The van der Waals surface area contributed by atoms with Gasteiger partial charge in [0.15, 0.2) is 0 Å². The molecule has 1 aromatic heterocycles. The number of piperazine rings is 1. The van der Waals surface area contributed by atoms with E-state index in [1.165, 1.54) is 6.07 Å². The summed E-state index contributed by atoms with van der Waals surface area (Å²) in [5.41, 5.74) is 0.0986. The van der Waals surface area contributed by atoms with Crippen molar-refractivity contribution < 1.29 is 13.2 Å². The molecule has 1 aromatic rings. The zero-order valence-corrected chi connectivity index (χ0v) is 13.2. The van der Waals surface area contributed by atoms with E-state index in [0.717, 1.165) is 43.6 Å². The summed E-state index contributed by atoms with van der Waals surface area (Å²) in [7, 11) is 0. The van der Waals surface area contributed by atoms with Crippen LogP contribution in [0.1, 0.15) is 44.2 Å². The number of fused-ring (bicyclic) bond motifs is 3. The highest BCUT2D eigenvalue weighted by molar-refractivity contribution is 5.54. The van der Waals surface area contributed by atoms with Crippen LogP contribution in [-0.4, -0.2) is 41.6 Å². The highest BCUT2D eigenvalue weighted by atomic mass is 19.4. The summed E-state index contributed by atoms with van der Waals surface area (Å²) >= 11 is 0. The predicted molar refractivity (Wildman–Crippen MR) is 80.1 cm³/mol. The first kappa shape index (κ1) is 15.6. The van der Waals surface area contributed by atoms with Gasteiger partial charge in [-0.2, -0.15) is 13.2 Å². The molecule has 0 bridgehead atoms. The summed E-state index contributed by atoms with van der Waals surface area (Å²) in [4.78, 5) is 8.81. The Morgan fingerprint density at radius 2 is 2.00 bits per heavy atom. The van der Waals surface area contributed by atoms with Crippen molar-refractivity contribution in [2.24, 2.45) is 0 Å². The maximum atomic E-state index is 12.9. The summed E-state index contributed by atoms with van der Waals surface area (Å²) in [6.45, 7) is 9.11. The van der Waals surface area contributed by atoms with Gasteiger partial charge in [-0.1, -0.05) is 6.92 Å². The van der Waals surface area contributed by atoms with Crippen LogP contribution in [0.4, 0.5) is 19.0 Å². The lowest BCUT2D eigenvalue weighted by molar-refractivity contribution is -0.137. The van der Waals surface area contributed by atoms with E-state index < -0.39 is 11.7 Å². The molecule has 3 heterocycles. The molecule has 3 nitrogen and oxygen atoms in total. The Morgan fingerprint density at radius 3 is 2.64 bits per heavy atom. The van der Waals surface area contributed by atoms with Crippen LogP contribution in [0.25, 0.3) is 0 Å². The molecule has 2 aliphatic heterocycles. The second kappa shape index (κ2) is 5.41. The van der Waals surface area contributed by atoms with E-state index in [2.05, 4.69) is 28.6 Å². The van der Waals surface area contributed by atoms with Gasteiger partial charge in [-0.15, -0.1) is 0 Å². The van der Waals surface area contributed by atoms with Gasteiger partial charge in [0, 0.05) is 37.9 Å². The molecule has 2 aliphatic rings. The minimum atomic E-state index is -4.32. The average molecular weight is 313 g/mol. The van der Waals surface area contributed by atoms with Gasteiger partial charge < -0.3 is 4.90 Å². The van der Waals surface area contributed by atoms with Crippen LogP contribution < -0.4 is 4.90 Å². The predicted octanol–water partition coefficient (Wildman–Crippen LogP) is 3.51. The molecule has 122 valence electrons. The molecule has 0 amide bonds. The molecule has 0 unspecified atom stereocenters. The van der Waals surface area contributed by atoms with Gasteiger partial charge in [-0.05, 0) is 37.8 Å². The fraction of sp³-hybridized carbons (Fsp3) is 0.688. The second-order valence-electron chi connectivity index (χ2n) is 6.71. The van der Waals surface area contributed by atoms with E-state index in [4.69, 9.17) is 0 Å². The molecular formula is C16H22F3N3. The molecule has 3 rings (SSSR count). The minimum absolute atomic E-state index is 0.109. The third-order valence-corrected chi connectivity index (χ3v) is 4.90. The topological polar surface area (TPSA) is 19.4 Å². The van der Waals surface area contributed by atoms with Crippen molar-refractivity contribution in [3.05, 3.63) is 23.4 Å². The number of halogens is 3. The van der Waals surface area contributed by atoms with Crippen molar-refractivity contribution in [1.29, 1.82) is 0 Å². The number of anilines is 1. The molecule has 1 fully saturated rings. The van der Waals surface area contributed by atoms with Crippen LogP contribution in [0.2, 0.25) is 0 Å². The van der Waals surface area contributed by atoms with Crippen LogP contribution in [0, 0.1) is 0 Å². The number of rotatable bonds is 1. The molecule has 0 saturated carbocycles. The molecule has 2 atom stereocenters. The number of alkyl halides is 3. The van der Waals surface area contributed by atoms with E-state index in [-0.39, 0.29) is 5.92 Å². The number of hydrogen-bond donors (Lipinski definition) is 0. The van der Waals surface area contributed by atoms with E-state index in [1.807, 2.05) is 6.92 Å². The monoisotopic (exact) mass is 313 g/mol. The third-order valence-electron chi connectivity index (χ3n) is 4.90. The van der Waals surface area contributed by atoms with Gasteiger partial charge in [0.25, 0.3) is 0 Å². The van der Waals surface area contributed by atoms with Crippen molar-refractivity contribution in [3.8, 4) is 0 Å². The van der Waals surface area contributed by atoms with Gasteiger partial charge in [-0.3, -0.25) is 4.90 Å². The normalized spacial score (nSPS) is 26.0.